The second-order valence-electron chi connectivity index (χ2n) is 7.17. The van der Waals surface area contributed by atoms with Gasteiger partial charge in [0, 0.05) is 46.3 Å². The number of carbonyl (C=O) groups excluding carboxylic acids is 1. The van der Waals surface area contributed by atoms with Gasteiger partial charge in [-0.2, -0.15) is 4.31 Å². The largest absolute Gasteiger partial charge is 0.486 e. The molecule has 0 N–H and O–H groups in total. The van der Waals surface area contributed by atoms with Crippen LogP contribution in [-0.4, -0.2) is 87.2 Å². The number of rotatable bonds is 4. The van der Waals surface area contributed by atoms with Gasteiger partial charge in [-0.15, -0.1) is 10.2 Å². The van der Waals surface area contributed by atoms with Crippen LogP contribution in [0.4, 0.5) is 5.82 Å². The number of ether oxygens (including phenoxy) is 2. The van der Waals surface area contributed by atoms with Crippen molar-refractivity contribution in [3.63, 3.8) is 0 Å². The summed E-state index contributed by atoms with van der Waals surface area (Å²) in [6, 6.07) is 7.97. The molecule has 0 saturated carbocycles. The minimum absolute atomic E-state index is 0.150. The highest BCUT2D eigenvalue weighted by Crippen LogP contribution is 2.33. The van der Waals surface area contributed by atoms with Crippen LogP contribution in [0.25, 0.3) is 0 Å². The van der Waals surface area contributed by atoms with Crippen LogP contribution in [0, 0.1) is 0 Å². The van der Waals surface area contributed by atoms with E-state index in [9.17, 15) is 13.2 Å². The van der Waals surface area contributed by atoms with E-state index in [1.807, 2.05) is 14.1 Å². The Morgan fingerprint density at radius 2 is 1.67 bits per heavy atom. The zero-order chi connectivity index (χ0) is 21.3. The molecule has 3 heterocycles. The average Bonchev–Trinajstić information content (AvgIpc) is 2.78. The van der Waals surface area contributed by atoms with Crippen LogP contribution in [0.2, 0.25) is 0 Å². The third-order valence-corrected chi connectivity index (χ3v) is 6.90. The smallest absolute Gasteiger partial charge is 0.274 e. The molecule has 0 spiro atoms. The second kappa shape index (κ2) is 8.07. The summed E-state index contributed by atoms with van der Waals surface area (Å²) in [5.41, 5.74) is 0.240. The zero-order valence-corrected chi connectivity index (χ0v) is 17.6. The Bertz CT molecular complexity index is 1030. The Labute approximate surface area is 175 Å². The number of amides is 1. The molecule has 1 fully saturated rings. The maximum Gasteiger partial charge on any atom is 0.274 e. The lowest BCUT2D eigenvalue weighted by atomic mass is 10.3. The highest BCUT2D eigenvalue weighted by Gasteiger charge is 2.31. The number of fused-ring (bicyclic) bond motifs is 1. The Morgan fingerprint density at radius 3 is 2.30 bits per heavy atom. The molecule has 1 aromatic heterocycles. The molecule has 0 bridgehead atoms. The highest BCUT2D eigenvalue weighted by atomic mass is 32.2. The van der Waals surface area contributed by atoms with Crippen molar-refractivity contribution in [1.82, 2.24) is 19.4 Å². The maximum atomic E-state index is 13.0. The van der Waals surface area contributed by atoms with Gasteiger partial charge < -0.3 is 19.3 Å². The topological polar surface area (TPSA) is 105 Å². The van der Waals surface area contributed by atoms with E-state index in [1.54, 1.807) is 28.0 Å². The lowest BCUT2D eigenvalue weighted by molar-refractivity contribution is 0.0690. The highest BCUT2D eigenvalue weighted by molar-refractivity contribution is 7.89. The van der Waals surface area contributed by atoms with Crippen molar-refractivity contribution < 1.29 is 22.7 Å². The molecule has 30 heavy (non-hydrogen) atoms. The summed E-state index contributed by atoms with van der Waals surface area (Å²) in [5, 5.41) is 8.01. The minimum Gasteiger partial charge on any atom is -0.486 e. The van der Waals surface area contributed by atoms with Crippen molar-refractivity contribution in [3.05, 3.63) is 36.0 Å². The van der Waals surface area contributed by atoms with Crippen molar-refractivity contribution in [3.8, 4) is 11.5 Å². The summed E-state index contributed by atoms with van der Waals surface area (Å²) in [6.07, 6.45) is 0. The van der Waals surface area contributed by atoms with Crippen molar-refractivity contribution >= 4 is 21.7 Å². The Hall–Kier alpha value is -2.92. The SMILES string of the molecule is CN(C)c1ccc(C(=O)N2CCN(S(=O)(=O)c3ccc4c(c3)OCCO4)CC2)nn1. The average molecular weight is 433 g/mol. The van der Waals surface area contributed by atoms with E-state index in [1.165, 1.54) is 16.4 Å². The molecule has 0 atom stereocenters. The molecule has 0 radical (unpaired) electrons. The molecule has 4 rings (SSSR count). The van der Waals surface area contributed by atoms with Gasteiger partial charge in [-0.25, -0.2) is 8.42 Å². The van der Waals surface area contributed by atoms with E-state index in [4.69, 9.17) is 9.47 Å². The van der Waals surface area contributed by atoms with Crippen LogP contribution in [0.5, 0.6) is 11.5 Å². The molecule has 1 amide bonds. The number of sulfonamides is 1. The Balaban J connectivity index is 1.43. The molecule has 1 aromatic carbocycles. The normalized spacial score (nSPS) is 16.9. The molecule has 0 unspecified atom stereocenters. The third-order valence-electron chi connectivity index (χ3n) is 5.01. The van der Waals surface area contributed by atoms with Gasteiger partial charge in [-0.1, -0.05) is 0 Å². The van der Waals surface area contributed by atoms with Gasteiger partial charge in [0.05, 0.1) is 4.90 Å². The predicted octanol–water partition coefficient (Wildman–Crippen LogP) is 0.461. The first-order valence-corrected chi connectivity index (χ1v) is 11.0. The van der Waals surface area contributed by atoms with E-state index in [0.717, 1.165) is 0 Å². The number of piperazine rings is 1. The van der Waals surface area contributed by atoms with Crippen LogP contribution in [-0.2, 0) is 10.0 Å². The van der Waals surface area contributed by atoms with E-state index in [2.05, 4.69) is 10.2 Å². The van der Waals surface area contributed by atoms with Crippen molar-refractivity contribution in [2.75, 3.05) is 58.4 Å². The number of anilines is 1. The van der Waals surface area contributed by atoms with Gasteiger partial charge in [0.15, 0.2) is 23.0 Å². The molecule has 11 heteroatoms. The first-order chi connectivity index (χ1) is 14.4. The second-order valence-corrected chi connectivity index (χ2v) is 9.11. The molecule has 10 nitrogen and oxygen atoms in total. The monoisotopic (exact) mass is 433 g/mol. The molecule has 2 aromatic rings. The first kappa shape index (κ1) is 20.4. The Kier molecular flexibility index (Phi) is 5.48. The minimum atomic E-state index is -3.70. The number of hydrogen-bond acceptors (Lipinski definition) is 8. The fourth-order valence-electron chi connectivity index (χ4n) is 3.30. The molecule has 2 aliphatic heterocycles. The standard InChI is InChI=1S/C19H23N5O5S/c1-22(2)18-6-4-15(20-21-18)19(25)23-7-9-24(10-8-23)30(26,27)14-3-5-16-17(13-14)29-12-11-28-16/h3-6,13H,7-12H2,1-2H3. The predicted molar refractivity (Wildman–Crippen MR) is 108 cm³/mol. The lowest BCUT2D eigenvalue weighted by Gasteiger charge is -2.34. The summed E-state index contributed by atoms with van der Waals surface area (Å²) in [7, 11) is -0.0178. The summed E-state index contributed by atoms with van der Waals surface area (Å²) in [5.74, 6) is 1.36. The molecule has 160 valence electrons. The van der Waals surface area contributed by atoms with Crippen LogP contribution in [0.3, 0.4) is 0 Å². The Morgan fingerprint density at radius 1 is 0.967 bits per heavy atom. The van der Waals surface area contributed by atoms with Gasteiger partial charge in [-0.05, 0) is 24.3 Å². The molecule has 1 saturated heterocycles. The summed E-state index contributed by atoms with van der Waals surface area (Å²) in [6.45, 7) is 1.78. The van der Waals surface area contributed by atoms with Gasteiger partial charge in [0.25, 0.3) is 5.91 Å². The number of aromatic nitrogens is 2. The fraction of sp³-hybridized carbons (Fsp3) is 0.421. The number of hydrogen-bond donors (Lipinski definition) is 0. The summed E-state index contributed by atoms with van der Waals surface area (Å²) < 4.78 is 38.4. The number of benzene rings is 1. The maximum absolute atomic E-state index is 13.0. The fourth-order valence-corrected chi connectivity index (χ4v) is 4.74. The van der Waals surface area contributed by atoms with Crippen molar-refractivity contribution in [2.24, 2.45) is 0 Å². The van der Waals surface area contributed by atoms with Crippen LogP contribution < -0.4 is 14.4 Å². The zero-order valence-electron chi connectivity index (χ0n) is 16.8. The molecular weight excluding hydrogens is 410 g/mol. The van der Waals surface area contributed by atoms with E-state index >= 15 is 0 Å². The molecular formula is C19H23N5O5S. The number of nitrogens with zero attached hydrogens (tertiary/aromatic N) is 5. The first-order valence-electron chi connectivity index (χ1n) is 9.56. The summed E-state index contributed by atoms with van der Waals surface area (Å²) >= 11 is 0. The van der Waals surface area contributed by atoms with E-state index in [0.29, 0.717) is 30.5 Å². The third kappa shape index (κ3) is 3.90. The van der Waals surface area contributed by atoms with E-state index < -0.39 is 10.0 Å². The van der Waals surface area contributed by atoms with E-state index in [-0.39, 0.29) is 42.7 Å². The quantitative estimate of drug-likeness (QED) is 0.685. The molecule has 0 aliphatic carbocycles. The van der Waals surface area contributed by atoms with Gasteiger partial charge >= 0.3 is 0 Å². The molecule has 2 aliphatic rings. The van der Waals surface area contributed by atoms with Crippen LogP contribution in [0.1, 0.15) is 10.5 Å². The number of carbonyl (C=O) groups is 1. The van der Waals surface area contributed by atoms with Gasteiger partial charge in [0.1, 0.15) is 13.2 Å². The van der Waals surface area contributed by atoms with Crippen molar-refractivity contribution in [2.45, 2.75) is 4.90 Å². The summed E-state index contributed by atoms with van der Waals surface area (Å²) in [4.78, 5) is 16.2. The van der Waals surface area contributed by atoms with Gasteiger partial charge in [-0.3, -0.25) is 4.79 Å². The van der Waals surface area contributed by atoms with Crippen molar-refractivity contribution in [1.29, 1.82) is 0 Å². The van der Waals surface area contributed by atoms with Gasteiger partial charge in [0.2, 0.25) is 10.0 Å². The van der Waals surface area contributed by atoms with Crippen LogP contribution in [0.15, 0.2) is 35.2 Å². The lowest BCUT2D eigenvalue weighted by Crippen LogP contribution is -2.50. The van der Waals surface area contributed by atoms with Crippen LogP contribution >= 0.6 is 0 Å².